The lowest BCUT2D eigenvalue weighted by atomic mass is 10.1. The lowest BCUT2D eigenvalue weighted by Crippen LogP contribution is -2.29. The molecule has 0 saturated heterocycles. The lowest BCUT2D eigenvalue weighted by Gasteiger charge is -2.12. The van der Waals surface area contributed by atoms with Crippen molar-refractivity contribution in [1.82, 2.24) is 5.32 Å². The summed E-state index contributed by atoms with van der Waals surface area (Å²) in [6.07, 6.45) is -4.50. The van der Waals surface area contributed by atoms with Crippen molar-refractivity contribution in [2.75, 3.05) is 12.4 Å². The van der Waals surface area contributed by atoms with E-state index in [-0.39, 0.29) is 16.0 Å². The number of carbonyl (C=O) groups is 1. The Morgan fingerprint density at radius 1 is 1.47 bits per heavy atom. The Bertz CT molecular complexity index is 465. The molecule has 0 aliphatic rings. The Morgan fingerprint density at radius 3 is 2.63 bits per heavy atom. The predicted octanol–water partition coefficient (Wildman–Crippen LogP) is 4.07. The summed E-state index contributed by atoms with van der Waals surface area (Å²) in [4.78, 5) is 11.7. The van der Waals surface area contributed by atoms with Crippen molar-refractivity contribution in [2.45, 2.75) is 13.1 Å². The van der Waals surface area contributed by atoms with Gasteiger partial charge in [0, 0.05) is 22.5 Å². The van der Waals surface area contributed by atoms with Crippen molar-refractivity contribution >= 4 is 33.4 Å². The van der Waals surface area contributed by atoms with E-state index in [9.17, 15) is 18.0 Å². The molecule has 1 aromatic carbocycles. The van der Waals surface area contributed by atoms with Gasteiger partial charge in [-0.3, -0.25) is 4.79 Å². The highest BCUT2D eigenvalue weighted by Gasteiger charge is 2.33. The SMILES string of the molecule is CC(CCl)CNC(=O)c1ccc(Br)c(C(F)(F)F)c1. The quantitative estimate of drug-likeness (QED) is 0.808. The predicted molar refractivity (Wildman–Crippen MR) is 71.4 cm³/mol. The van der Waals surface area contributed by atoms with Gasteiger partial charge in [0.1, 0.15) is 0 Å². The van der Waals surface area contributed by atoms with E-state index in [1.807, 2.05) is 6.92 Å². The number of alkyl halides is 4. The largest absolute Gasteiger partial charge is 0.417 e. The standard InChI is InChI=1S/C12H12BrClF3NO/c1-7(5-14)6-18-11(19)8-2-3-10(13)9(4-8)12(15,16)17/h2-4,7H,5-6H2,1H3,(H,18,19). The number of rotatable bonds is 4. The second-order valence-corrected chi connectivity index (χ2v) is 5.32. The molecule has 0 aliphatic heterocycles. The molecule has 1 atom stereocenters. The third kappa shape index (κ3) is 4.69. The summed E-state index contributed by atoms with van der Waals surface area (Å²) in [6, 6.07) is 3.37. The van der Waals surface area contributed by atoms with Gasteiger partial charge in [-0.1, -0.05) is 22.9 Å². The molecule has 0 aromatic heterocycles. The maximum atomic E-state index is 12.7. The van der Waals surface area contributed by atoms with Gasteiger partial charge in [-0.2, -0.15) is 13.2 Å². The zero-order valence-corrected chi connectivity index (χ0v) is 12.4. The van der Waals surface area contributed by atoms with Crippen LogP contribution in [0, 0.1) is 5.92 Å². The molecule has 0 radical (unpaired) electrons. The van der Waals surface area contributed by atoms with Gasteiger partial charge in [0.2, 0.25) is 0 Å². The van der Waals surface area contributed by atoms with Crippen LogP contribution in [-0.2, 0) is 6.18 Å². The van der Waals surface area contributed by atoms with Crippen LogP contribution < -0.4 is 5.32 Å². The highest BCUT2D eigenvalue weighted by atomic mass is 79.9. The number of halogens is 5. The first kappa shape index (κ1) is 16.3. The number of benzene rings is 1. The Balaban J connectivity index is 2.87. The number of carbonyl (C=O) groups excluding carboxylic acids is 1. The fourth-order valence-electron chi connectivity index (χ4n) is 1.31. The molecule has 7 heteroatoms. The molecule has 2 nitrogen and oxygen atoms in total. The molecule has 1 unspecified atom stereocenters. The summed E-state index contributed by atoms with van der Waals surface area (Å²) in [7, 11) is 0. The zero-order valence-electron chi connectivity index (χ0n) is 10.0. The third-order valence-corrected chi connectivity index (χ3v) is 3.63. The van der Waals surface area contributed by atoms with Crippen LogP contribution in [0.15, 0.2) is 22.7 Å². The monoisotopic (exact) mass is 357 g/mol. The molecule has 0 bridgehead atoms. The fraction of sp³-hybridized carbons (Fsp3) is 0.417. The topological polar surface area (TPSA) is 29.1 Å². The summed E-state index contributed by atoms with van der Waals surface area (Å²) < 4.78 is 38.0. The van der Waals surface area contributed by atoms with Gasteiger partial charge < -0.3 is 5.32 Å². The molecule has 0 spiro atoms. The van der Waals surface area contributed by atoms with E-state index in [1.165, 1.54) is 12.1 Å². The van der Waals surface area contributed by atoms with Crippen LogP contribution in [0.2, 0.25) is 0 Å². The Morgan fingerprint density at radius 2 is 2.11 bits per heavy atom. The summed E-state index contributed by atoms with van der Waals surface area (Å²) in [5.74, 6) is -0.118. The fourth-order valence-corrected chi connectivity index (χ4v) is 1.89. The Labute approximate surface area is 122 Å². The van der Waals surface area contributed by atoms with E-state index in [0.29, 0.717) is 12.4 Å². The second kappa shape index (κ2) is 6.61. The minimum Gasteiger partial charge on any atom is -0.352 e. The molecule has 19 heavy (non-hydrogen) atoms. The first-order valence-electron chi connectivity index (χ1n) is 5.46. The van der Waals surface area contributed by atoms with Crippen molar-refractivity contribution < 1.29 is 18.0 Å². The third-order valence-electron chi connectivity index (χ3n) is 2.41. The van der Waals surface area contributed by atoms with E-state index >= 15 is 0 Å². The number of nitrogens with one attached hydrogen (secondary N) is 1. The first-order chi connectivity index (χ1) is 8.75. The van der Waals surface area contributed by atoms with E-state index < -0.39 is 17.6 Å². The molecule has 0 heterocycles. The average Bonchev–Trinajstić information content (AvgIpc) is 2.34. The van der Waals surface area contributed by atoms with E-state index in [4.69, 9.17) is 11.6 Å². The van der Waals surface area contributed by atoms with Crippen LogP contribution in [0.4, 0.5) is 13.2 Å². The molecule has 1 aromatic rings. The Kier molecular flexibility index (Phi) is 5.67. The molecule has 1 amide bonds. The number of amides is 1. The highest BCUT2D eigenvalue weighted by Crippen LogP contribution is 2.35. The molecule has 1 N–H and O–H groups in total. The number of hydrogen-bond acceptors (Lipinski definition) is 1. The minimum atomic E-state index is -4.50. The van der Waals surface area contributed by atoms with E-state index in [1.54, 1.807) is 0 Å². The van der Waals surface area contributed by atoms with Crippen molar-refractivity contribution in [1.29, 1.82) is 0 Å². The van der Waals surface area contributed by atoms with Gasteiger partial charge in [-0.15, -0.1) is 11.6 Å². The van der Waals surface area contributed by atoms with Crippen LogP contribution in [0.3, 0.4) is 0 Å². The first-order valence-corrected chi connectivity index (χ1v) is 6.79. The van der Waals surface area contributed by atoms with Crippen LogP contribution in [-0.4, -0.2) is 18.3 Å². The molecular formula is C12H12BrClF3NO. The van der Waals surface area contributed by atoms with Crippen LogP contribution in [0.25, 0.3) is 0 Å². The van der Waals surface area contributed by atoms with Gasteiger partial charge >= 0.3 is 6.18 Å². The summed E-state index contributed by atoms with van der Waals surface area (Å²) >= 11 is 8.40. The second-order valence-electron chi connectivity index (χ2n) is 4.16. The van der Waals surface area contributed by atoms with Gasteiger partial charge in [0.15, 0.2) is 0 Å². The maximum absolute atomic E-state index is 12.7. The summed E-state index contributed by atoms with van der Waals surface area (Å²) in [5.41, 5.74) is -0.900. The highest BCUT2D eigenvalue weighted by molar-refractivity contribution is 9.10. The maximum Gasteiger partial charge on any atom is 0.417 e. The van der Waals surface area contributed by atoms with Crippen LogP contribution >= 0.6 is 27.5 Å². The lowest BCUT2D eigenvalue weighted by molar-refractivity contribution is -0.138. The van der Waals surface area contributed by atoms with Gasteiger partial charge in [-0.05, 0) is 24.1 Å². The van der Waals surface area contributed by atoms with Crippen molar-refractivity contribution in [2.24, 2.45) is 5.92 Å². The van der Waals surface area contributed by atoms with Crippen molar-refractivity contribution in [3.63, 3.8) is 0 Å². The summed E-state index contributed by atoms with van der Waals surface area (Å²) in [6.45, 7) is 2.15. The van der Waals surface area contributed by atoms with Gasteiger partial charge in [0.05, 0.1) is 5.56 Å². The van der Waals surface area contributed by atoms with E-state index in [2.05, 4.69) is 21.2 Å². The minimum absolute atomic E-state index is 0.0303. The normalized spacial score (nSPS) is 13.2. The molecule has 1 rings (SSSR count). The van der Waals surface area contributed by atoms with Crippen LogP contribution in [0.5, 0.6) is 0 Å². The molecule has 0 aliphatic carbocycles. The summed E-state index contributed by atoms with van der Waals surface area (Å²) in [5, 5.41) is 2.54. The molecule has 0 fully saturated rings. The molecule has 0 saturated carbocycles. The number of hydrogen-bond donors (Lipinski definition) is 1. The van der Waals surface area contributed by atoms with Crippen molar-refractivity contribution in [3.05, 3.63) is 33.8 Å². The zero-order chi connectivity index (χ0) is 14.6. The van der Waals surface area contributed by atoms with Gasteiger partial charge in [0.25, 0.3) is 5.91 Å². The van der Waals surface area contributed by atoms with Crippen LogP contribution in [0.1, 0.15) is 22.8 Å². The average molecular weight is 359 g/mol. The smallest absolute Gasteiger partial charge is 0.352 e. The molecular weight excluding hydrogens is 346 g/mol. The van der Waals surface area contributed by atoms with Gasteiger partial charge in [-0.25, -0.2) is 0 Å². The van der Waals surface area contributed by atoms with Crippen molar-refractivity contribution in [3.8, 4) is 0 Å². The molecule has 106 valence electrons. The Hall–Kier alpha value is -0.750. The van der Waals surface area contributed by atoms with E-state index in [0.717, 1.165) is 6.07 Å².